The van der Waals surface area contributed by atoms with Crippen LogP contribution < -0.4 is 4.90 Å². The van der Waals surface area contributed by atoms with Gasteiger partial charge in [-0.1, -0.05) is 30.3 Å². The minimum atomic E-state index is -0.775. The Balaban J connectivity index is 1.60. The number of likely N-dealkylation sites (N-methyl/N-ethyl adjacent to an activating group) is 1. The predicted octanol–water partition coefficient (Wildman–Crippen LogP) is 3.34. The first kappa shape index (κ1) is 17.9. The third-order valence-electron chi connectivity index (χ3n) is 5.21. The van der Waals surface area contributed by atoms with E-state index in [1.165, 1.54) is 11.1 Å². The molecule has 3 aromatic rings. The number of hydrogen-bond donors (Lipinski definition) is 1. The molecule has 0 saturated carbocycles. The molecule has 1 saturated heterocycles. The average molecular weight is 382 g/mol. The first-order valence-electron chi connectivity index (χ1n) is 9.08. The van der Waals surface area contributed by atoms with E-state index in [4.69, 9.17) is 5.11 Å². The molecule has 3 heterocycles. The van der Waals surface area contributed by atoms with Crippen molar-refractivity contribution in [2.45, 2.75) is 18.9 Å². The number of carbonyl (C=O) groups is 1. The molecule has 0 bridgehead atoms. The highest BCUT2D eigenvalue weighted by molar-refractivity contribution is 7.17. The summed E-state index contributed by atoms with van der Waals surface area (Å²) in [5.74, 6) is 0.211. The molecule has 2 aromatic heterocycles. The lowest BCUT2D eigenvalue weighted by atomic mass is 10.0. The second kappa shape index (κ2) is 7.62. The molecule has 4 rings (SSSR count). The van der Waals surface area contributed by atoms with E-state index in [0.717, 1.165) is 42.0 Å². The van der Waals surface area contributed by atoms with Gasteiger partial charge in [-0.3, -0.25) is 9.69 Å². The number of aromatic nitrogens is 2. The Labute approximate surface area is 162 Å². The Bertz CT molecular complexity index is 936. The molecule has 0 atom stereocenters. The van der Waals surface area contributed by atoms with Gasteiger partial charge in [0.25, 0.3) is 0 Å². The number of thiophene rings is 1. The molecular weight excluding hydrogens is 360 g/mol. The van der Waals surface area contributed by atoms with Gasteiger partial charge in [0.1, 0.15) is 17.0 Å². The summed E-state index contributed by atoms with van der Waals surface area (Å²) in [5.41, 5.74) is 2.35. The van der Waals surface area contributed by atoms with Crippen molar-refractivity contribution in [3.63, 3.8) is 0 Å². The predicted molar refractivity (Wildman–Crippen MR) is 108 cm³/mol. The molecule has 1 aromatic carbocycles. The molecule has 27 heavy (non-hydrogen) atoms. The zero-order valence-electron chi connectivity index (χ0n) is 15.2. The van der Waals surface area contributed by atoms with Crippen molar-refractivity contribution in [2.24, 2.45) is 0 Å². The van der Waals surface area contributed by atoms with E-state index < -0.39 is 5.97 Å². The van der Waals surface area contributed by atoms with Gasteiger partial charge in [-0.15, -0.1) is 11.3 Å². The van der Waals surface area contributed by atoms with Crippen molar-refractivity contribution in [1.29, 1.82) is 0 Å². The van der Waals surface area contributed by atoms with Gasteiger partial charge < -0.3 is 10.0 Å². The number of fused-ring (bicyclic) bond motifs is 1. The number of nitrogens with zero attached hydrogens (tertiary/aromatic N) is 4. The van der Waals surface area contributed by atoms with Gasteiger partial charge in [-0.2, -0.15) is 0 Å². The molecule has 0 aliphatic carbocycles. The number of carboxylic acid groups (broad SMARTS) is 1. The molecule has 1 N–H and O–H groups in total. The number of rotatable bonds is 5. The van der Waals surface area contributed by atoms with Gasteiger partial charge in [-0.05, 0) is 25.5 Å². The lowest BCUT2D eigenvalue weighted by molar-refractivity contribution is -0.138. The molecule has 1 aliphatic rings. The van der Waals surface area contributed by atoms with Gasteiger partial charge in [0, 0.05) is 30.1 Å². The van der Waals surface area contributed by atoms with E-state index in [9.17, 15) is 4.79 Å². The van der Waals surface area contributed by atoms with E-state index in [1.54, 1.807) is 17.7 Å². The maximum Gasteiger partial charge on any atom is 0.317 e. The Kier molecular flexibility index (Phi) is 5.05. The Morgan fingerprint density at radius 1 is 1.26 bits per heavy atom. The van der Waals surface area contributed by atoms with Crippen molar-refractivity contribution in [3.05, 3.63) is 42.0 Å². The molecule has 1 fully saturated rings. The minimum Gasteiger partial charge on any atom is -0.480 e. The second-order valence-electron chi connectivity index (χ2n) is 6.92. The lowest BCUT2D eigenvalue weighted by Crippen LogP contribution is -2.45. The van der Waals surface area contributed by atoms with E-state index in [0.29, 0.717) is 6.04 Å². The number of aliphatic carboxylic acids is 1. The number of anilines is 1. The van der Waals surface area contributed by atoms with Crippen LogP contribution in [0.15, 0.2) is 42.0 Å². The third-order valence-corrected chi connectivity index (χ3v) is 6.09. The normalized spacial score (nSPS) is 15.6. The fraction of sp³-hybridized carbons (Fsp3) is 0.350. The standard InChI is InChI=1S/C20H22N4O2S/c1-23(11-17(25)26)15-7-9-24(10-8-15)19-18-16(14-5-3-2-4-6-14)12-27-20(18)22-13-21-19/h2-6,12-13,15H,7-11H2,1H3,(H,25,26). The summed E-state index contributed by atoms with van der Waals surface area (Å²) in [7, 11) is 1.89. The van der Waals surface area contributed by atoms with Crippen LogP contribution in [0, 0.1) is 0 Å². The highest BCUT2D eigenvalue weighted by Gasteiger charge is 2.26. The lowest BCUT2D eigenvalue weighted by Gasteiger charge is -2.37. The molecule has 6 nitrogen and oxygen atoms in total. The van der Waals surface area contributed by atoms with Crippen molar-refractivity contribution >= 4 is 33.3 Å². The first-order chi connectivity index (χ1) is 13.1. The molecular formula is C20H22N4O2S. The van der Waals surface area contributed by atoms with E-state index in [1.807, 2.05) is 30.1 Å². The molecule has 1 aliphatic heterocycles. The van der Waals surface area contributed by atoms with Crippen molar-refractivity contribution in [2.75, 3.05) is 31.6 Å². The van der Waals surface area contributed by atoms with Gasteiger partial charge >= 0.3 is 5.97 Å². The minimum absolute atomic E-state index is 0.0884. The highest BCUT2D eigenvalue weighted by Crippen LogP contribution is 2.38. The van der Waals surface area contributed by atoms with Gasteiger partial charge in [0.2, 0.25) is 0 Å². The van der Waals surface area contributed by atoms with Crippen LogP contribution in [0.25, 0.3) is 21.3 Å². The topological polar surface area (TPSA) is 69.6 Å². The van der Waals surface area contributed by atoms with Crippen LogP contribution in [0.4, 0.5) is 5.82 Å². The van der Waals surface area contributed by atoms with Crippen LogP contribution in [-0.4, -0.2) is 58.7 Å². The number of carboxylic acids is 1. The number of hydrogen-bond acceptors (Lipinski definition) is 6. The van der Waals surface area contributed by atoms with Crippen molar-refractivity contribution in [3.8, 4) is 11.1 Å². The second-order valence-corrected chi connectivity index (χ2v) is 7.78. The summed E-state index contributed by atoms with van der Waals surface area (Å²) in [4.78, 5) is 25.3. The van der Waals surface area contributed by atoms with Crippen LogP contribution in [0.3, 0.4) is 0 Å². The molecule has 0 radical (unpaired) electrons. The largest absolute Gasteiger partial charge is 0.480 e. The fourth-order valence-corrected chi connectivity index (χ4v) is 4.70. The summed E-state index contributed by atoms with van der Waals surface area (Å²) in [6.07, 6.45) is 3.51. The maximum absolute atomic E-state index is 11.0. The number of benzene rings is 1. The highest BCUT2D eigenvalue weighted by atomic mass is 32.1. The van der Waals surface area contributed by atoms with Gasteiger partial charge in [0.15, 0.2) is 0 Å². The SMILES string of the molecule is CN(CC(=O)O)C1CCN(c2ncnc3scc(-c4ccccc4)c23)CC1. The van der Waals surface area contributed by atoms with Crippen molar-refractivity contribution < 1.29 is 9.90 Å². The third kappa shape index (κ3) is 3.65. The summed E-state index contributed by atoms with van der Waals surface area (Å²) in [6.45, 7) is 1.82. The average Bonchev–Trinajstić information content (AvgIpc) is 3.12. The van der Waals surface area contributed by atoms with Crippen LogP contribution >= 0.6 is 11.3 Å². The first-order valence-corrected chi connectivity index (χ1v) is 9.96. The summed E-state index contributed by atoms with van der Waals surface area (Å²) in [5, 5.41) is 12.3. The quantitative estimate of drug-likeness (QED) is 0.730. The van der Waals surface area contributed by atoms with Gasteiger partial charge in [0.05, 0.1) is 11.9 Å². The molecule has 7 heteroatoms. The summed E-state index contributed by atoms with van der Waals surface area (Å²) >= 11 is 1.65. The van der Waals surface area contributed by atoms with E-state index >= 15 is 0 Å². The monoisotopic (exact) mass is 382 g/mol. The molecule has 140 valence electrons. The molecule has 0 unspecified atom stereocenters. The fourth-order valence-electron chi connectivity index (χ4n) is 3.79. The summed E-state index contributed by atoms with van der Waals surface area (Å²) < 4.78 is 0. The zero-order valence-corrected chi connectivity index (χ0v) is 16.0. The van der Waals surface area contributed by atoms with Gasteiger partial charge in [-0.25, -0.2) is 9.97 Å². The Morgan fingerprint density at radius 2 is 2.00 bits per heavy atom. The van der Waals surface area contributed by atoms with E-state index in [2.05, 4.69) is 32.4 Å². The number of piperidine rings is 1. The van der Waals surface area contributed by atoms with E-state index in [-0.39, 0.29) is 6.54 Å². The Morgan fingerprint density at radius 3 is 2.70 bits per heavy atom. The van der Waals surface area contributed by atoms with Crippen LogP contribution in [0.5, 0.6) is 0 Å². The molecule has 0 spiro atoms. The molecule has 0 amide bonds. The smallest absolute Gasteiger partial charge is 0.317 e. The zero-order chi connectivity index (χ0) is 18.8. The van der Waals surface area contributed by atoms with Crippen LogP contribution in [0.1, 0.15) is 12.8 Å². The van der Waals surface area contributed by atoms with Crippen LogP contribution in [0.2, 0.25) is 0 Å². The maximum atomic E-state index is 11.0. The summed E-state index contributed by atoms with van der Waals surface area (Å²) in [6, 6.07) is 10.6. The Hall–Kier alpha value is -2.51. The van der Waals surface area contributed by atoms with Crippen molar-refractivity contribution in [1.82, 2.24) is 14.9 Å². The van der Waals surface area contributed by atoms with Crippen LogP contribution in [-0.2, 0) is 4.79 Å².